The monoisotopic (exact) mass is 382 g/mol. The molecule has 7 heteroatoms. The molecular formula is C15H15BrN2O3S. The SMILES string of the molecule is O=C(CCn1ccc2c(Br)cccc21)N[C@H]1C=CS(=O)(=O)C1. The van der Waals surface area contributed by atoms with Crippen molar-refractivity contribution in [1.82, 2.24) is 9.88 Å². The van der Waals surface area contributed by atoms with Crippen LogP contribution in [0.2, 0.25) is 0 Å². The number of carbonyl (C=O) groups is 1. The highest BCUT2D eigenvalue weighted by Gasteiger charge is 2.22. The van der Waals surface area contributed by atoms with Crippen molar-refractivity contribution in [3.63, 3.8) is 0 Å². The first kappa shape index (κ1) is 15.3. The Labute approximate surface area is 137 Å². The first-order chi connectivity index (χ1) is 10.4. The molecule has 0 radical (unpaired) electrons. The van der Waals surface area contributed by atoms with Crippen molar-refractivity contribution in [1.29, 1.82) is 0 Å². The van der Waals surface area contributed by atoms with E-state index >= 15 is 0 Å². The van der Waals surface area contributed by atoms with Crippen LogP contribution in [-0.4, -0.2) is 30.7 Å². The van der Waals surface area contributed by atoms with Crippen molar-refractivity contribution in [2.75, 3.05) is 5.75 Å². The third kappa shape index (κ3) is 3.25. The molecule has 116 valence electrons. The Morgan fingerprint density at radius 3 is 2.91 bits per heavy atom. The molecule has 1 atom stereocenters. The lowest BCUT2D eigenvalue weighted by Crippen LogP contribution is -2.35. The second-order valence-corrected chi connectivity index (χ2v) is 8.05. The Morgan fingerprint density at radius 2 is 2.18 bits per heavy atom. The Balaban J connectivity index is 1.61. The van der Waals surface area contributed by atoms with Crippen molar-refractivity contribution < 1.29 is 13.2 Å². The molecule has 1 aliphatic rings. The number of amides is 1. The average molecular weight is 383 g/mol. The summed E-state index contributed by atoms with van der Waals surface area (Å²) in [6, 6.07) is 7.53. The number of nitrogens with one attached hydrogen (secondary N) is 1. The van der Waals surface area contributed by atoms with Gasteiger partial charge in [0.15, 0.2) is 9.84 Å². The molecule has 0 aliphatic carbocycles. The lowest BCUT2D eigenvalue weighted by atomic mass is 10.2. The number of halogens is 1. The van der Waals surface area contributed by atoms with Gasteiger partial charge in [0, 0.05) is 39.9 Å². The predicted molar refractivity (Wildman–Crippen MR) is 89.1 cm³/mol. The van der Waals surface area contributed by atoms with Crippen molar-refractivity contribution in [3.05, 3.63) is 46.4 Å². The minimum atomic E-state index is -3.14. The number of aryl methyl sites for hydroxylation is 1. The largest absolute Gasteiger partial charge is 0.349 e. The van der Waals surface area contributed by atoms with E-state index in [2.05, 4.69) is 21.2 Å². The third-order valence-corrected chi connectivity index (χ3v) is 5.70. The van der Waals surface area contributed by atoms with Crippen LogP contribution >= 0.6 is 15.9 Å². The number of nitrogens with zero attached hydrogens (tertiary/aromatic N) is 1. The van der Waals surface area contributed by atoms with Gasteiger partial charge in [-0.2, -0.15) is 0 Å². The molecule has 1 amide bonds. The molecular weight excluding hydrogens is 368 g/mol. The maximum absolute atomic E-state index is 11.9. The zero-order valence-corrected chi connectivity index (χ0v) is 14.1. The number of aromatic nitrogens is 1. The van der Waals surface area contributed by atoms with Gasteiger partial charge >= 0.3 is 0 Å². The van der Waals surface area contributed by atoms with Gasteiger partial charge in [-0.3, -0.25) is 4.79 Å². The summed E-state index contributed by atoms with van der Waals surface area (Å²) in [5.41, 5.74) is 1.06. The maximum atomic E-state index is 11.9. The lowest BCUT2D eigenvalue weighted by molar-refractivity contribution is -0.121. The van der Waals surface area contributed by atoms with Gasteiger partial charge in [0.05, 0.1) is 11.8 Å². The van der Waals surface area contributed by atoms with E-state index in [9.17, 15) is 13.2 Å². The van der Waals surface area contributed by atoms with Crippen LogP contribution in [-0.2, 0) is 21.2 Å². The van der Waals surface area contributed by atoms with E-state index in [0.29, 0.717) is 13.0 Å². The van der Waals surface area contributed by atoms with Gasteiger partial charge in [-0.1, -0.05) is 22.0 Å². The van der Waals surface area contributed by atoms with Crippen LogP contribution in [0.3, 0.4) is 0 Å². The average Bonchev–Trinajstić information content (AvgIpc) is 3.01. The molecule has 0 bridgehead atoms. The molecule has 0 saturated carbocycles. The van der Waals surface area contributed by atoms with Crippen LogP contribution in [0.1, 0.15) is 6.42 Å². The topological polar surface area (TPSA) is 68.2 Å². The van der Waals surface area contributed by atoms with Gasteiger partial charge in [0.1, 0.15) is 0 Å². The summed E-state index contributed by atoms with van der Waals surface area (Å²) in [6.45, 7) is 0.551. The van der Waals surface area contributed by atoms with Gasteiger partial charge in [-0.15, -0.1) is 0 Å². The first-order valence-corrected chi connectivity index (χ1v) is 9.39. The van der Waals surface area contributed by atoms with Gasteiger partial charge in [-0.25, -0.2) is 8.42 Å². The van der Waals surface area contributed by atoms with Crippen molar-refractivity contribution in [2.45, 2.75) is 19.0 Å². The highest BCUT2D eigenvalue weighted by atomic mass is 79.9. The molecule has 3 rings (SSSR count). The summed E-state index contributed by atoms with van der Waals surface area (Å²) in [5, 5.41) is 4.99. The first-order valence-electron chi connectivity index (χ1n) is 6.88. The fourth-order valence-electron chi connectivity index (χ4n) is 2.55. The number of benzene rings is 1. The van der Waals surface area contributed by atoms with Crippen molar-refractivity contribution in [2.24, 2.45) is 0 Å². The highest BCUT2D eigenvalue weighted by Crippen LogP contribution is 2.24. The number of hydrogen-bond donors (Lipinski definition) is 1. The van der Waals surface area contributed by atoms with Crippen LogP contribution in [0, 0.1) is 0 Å². The Morgan fingerprint density at radius 1 is 1.36 bits per heavy atom. The van der Waals surface area contributed by atoms with E-state index in [0.717, 1.165) is 20.8 Å². The Bertz CT molecular complexity index is 855. The number of carbonyl (C=O) groups excluding carboxylic acids is 1. The molecule has 1 aromatic carbocycles. The number of hydrogen-bond acceptors (Lipinski definition) is 3. The molecule has 22 heavy (non-hydrogen) atoms. The molecule has 2 aromatic rings. The normalized spacial score (nSPS) is 19.6. The van der Waals surface area contributed by atoms with Crippen LogP contribution < -0.4 is 5.32 Å². The highest BCUT2D eigenvalue weighted by molar-refractivity contribution is 9.10. The molecule has 0 unspecified atom stereocenters. The summed E-state index contributed by atoms with van der Waals surface area (Å²) in [6.07, 6.45) is 3.78. The Kier molecular flexibility index (Phi) is 4.10. The number of fused-ring (bicyclic) bond motifs is 1. The van der Waals surface area contributed by atoms with E-state index in [4.69, 9.17) is 0 Å². The second kappa shape index (κ2) is 5.89. The number of sulfone groups is 1. The van der Waals surface area contributed by atoms with Crippen molar-refractivity contribution in [3.8, 4) is 0 Å². The smallest absolute Gasteiger partial charge is 0.222 e. The standard InChI is InChI=1S/C15H15BrN2O3S/c16-13-2-1-3-14-12(13)4-7-18(14)8-5-15(19)17-11-6-9-22(20,21)10-11/h1-4,6-7,9,11H,5,8,10H2,(H,17,19)/t11-/m0/s1. The second-order valence-electron chi connectivity index (χ2n) is 5.26. The van der Waals surface area contributed by atoms with Crippen LogP contribution in [0.5, 0.6) is 0 Å². The minimum absolute atomic E-state index is 0.0435. The predicted octanol–water partition coefficient (Wildman–Crippen LogP) is 2.22. The van der Waals surface area contributed by atoms with Crippen LogP contribution in [0.15, 0.2) is 46.4 Å². The molecule has 1 N–H and O–H groups in total. The molecule has 5 nitrogen and oxygen atoms in total. The van der Waals surface area contributed by atoms with Gasteiger partial charge in [-0.05, 0) is 24.3 Å². The molecule has 0 fully saturated rings. The van der Waals surface area contributed by atoms with E-state index in [1.54, 1.807) is 0 Å². The molecule has 0 spiro atoms. The summed E-state index contributed by atoms with van der Waals surface area (Å²) >= 11 is 3.50. The summed E-state index contributed by atoms with van der Waals surface area (Å²) in [5.74, 6) is -0.193. The van der Waals surface area contributed by atoms with E-state index < -0.39 is 15.9 Å². The summed E-state index contributed by atoms with van der Waals surface area (Å²) in [7, 11) is -3.14. The lowest BCUT2D eigenvalue weighted by Gasteiger charge is -2.11. The van der Waals surface area contributed by atoms with Crippen LogP contribution in [0.25, 0.3) is 10.9 Å². The fraction of sp³-hybridized carbons (Fsp3) is 0.267. The van der Waals surface area contributed by atoms with Gasteiger partial charge < -0.3 is 9.88 Å². The Hall–Kier alpha value is -1.60. The third-order valence-electron chi connectivity index (χ3n) is 3.62. The van der Waals surface area contributed by atoms with E-state index in [1.807, 2.05) is 35.0 Å². The zero-order chi connectivity index (χ0) is 15.7. The summed E-state index contributed by atoms with van der Waals surface area (Å²) in [4.78, 5) is 11.9. The van der Waals surface area contributed by atoms with Crippen LogP contribution in [0.4, 0.5) is 0 Å². The summed E-state index contributed by atoms with van der Waals surface area (Å²) < 4.78 is 25.6. The van der Waals surface area contributed by atoms with Crippen molar-refractivity contribution >= 4 is 42.6 Å². The van der Waals surface area contributed by atoms with Gasteiger partial charge in [0.2, 0.25) is 5.91 Å². The van der Waals surface area contributed by atoms with Gasteiger partial charge in [0.25, 0.3) is 0 Å². The zero-order valence-electron chi connectivity index (χ0n) is 11.7. The van der Waals surface area contributed by atoms with E-state index in [-0.39, 0.29) is 11.7 Å². The maximum Gasteiger partial charge on any atom is 0.222 e. The molecule has 0 saturated heterocycles. The molecule has 2 heterocycles. The fourth-order valence-corrected chi connectivity index (χ4v) is 4.27. The molecule has 1 aliphatic heterocycles. The number of rotatable bonds is 4. The van der Waals surface area contributed by atoms with E-state index in [1.165, 1.54) is 6.08 Å². The molecule has 1 aromatic heterocycles. The minimum Gasteiger partial charge on any atom is -0.349 e. The quantitative estimate of drug-likeness (QED) is 0.881.